The first-order valence-corrected chi connectivity index (χ1v) is 9.85. The van der Waals surface area contributed by atoms with Gasteiger partial charge in [0.1, 0.15) is 6.04 Å². The van der Waals surface area contributed by atoms with Gasteiger partial charge in [0.2, 0.25) is 0 Å². The minimum atomic E-state index is -0.704. The lowest BCUT2D eigenvalue weighted by atomic mass is 10.0. The molecule has 1 N–H and O–H groups in total. The van der Waals surface area contributed by atoms with Crippen molar-refractivity contribution in [1.29, 1.82) is 0 Å². The van der Waals surface area contributed by atoms with Crippen LogP contribution in [0, 0.1) is 6.92 Å². The lowest BCUT2D eigenvalue weighted by Crippen LogP contribution is -2.37. The topological polar surface area (TPSA) is 49.4 Å². The molecule has 0 fully saturated rings. The highest BCUT2D eigenvalue weighted by molar-refractivity contribution is 9.10. The van der Waals surface area contributed by atoms with Crippen LogP contribution in [-0.2, 0) is 11.3 Å². The third-order valence-electron chi connectivity index (χ3n) is 4.95. The normalized spacial score (nSPS) is 13.9. The molecule has 0 radical (unpaired) electrons. The number of rotatable bonds is 4. The fraction of sp³-hybridized carbons (Fsp3) is 0.130. The molecule has 1 atom stereocenters. The van der Waals surface area contributed by atoms with Gasteiger partial charge in [-0.05, 0) is 47.9 Å². The highest BCUT2D eigenvalue weighted by atomic mass is 79.9. The van der Waals surface area contributed by atoms with Crippen LogP contribution in [0.1, 0.15) is 33.1 Å². The number of amides is 2. The van der Waals surface area contributed by atoms with E-state index in [1.165, 1.54) is 0 Å². The predicted octanol–water partition coefficient (Wildman–Crippen LogP) is 5.09. The van der Waals surface area contributed by atoms with Gasteiger partial charge in [0, 0.05) is 22.3 Å². The molecule has 140 valence electrons. The van der Waals surface area contributed by atoms with Crippen molar-refractivity contribution in [3.05, 3.63) is 99.5 Å². The van der Waals surface area contributed by atoms with Crippen LogP contribution in [0.4, 0.5) is 5.69 Å². The molecule has 0 bridgehead atoms. The molecule has 0 aliphatic carbocycles. The summed E-state index contributed by atoms with van der Waals surface area (Å²) in [5.41, 5.74) is 4.13. The molecule has 3 aromatic carbocycles. The maximum absolute atomic E-state index is 13.3. The summed E-state index contributed by atoms with van der Waals surface area (Å²) in [6.45, 7) is 2.39. The average molecular weight is 435 g/mol. The van der Waals surface area contributed by atoms with Crippen LogP contribution in [0.3, 0.4) is 0 Å². The number of aryl methyl sites for hydroxylation is 1. The van der Waals surface area contributed by atoms with Gasteiger partial charge in [0.25, 0.3) is 11.8 Å². The first-order chi connectivity index (χ1) is 13.5. The van der Waals surface area contributed by atoms with Crippen LogP contribution in [0.25, 0.3) is 0 Å². The molecule has 0 aromatic heterocycles. The summed E-state index contributed by atoms with van der Waals surface area (Å²) < 4.78 is 0.982. The molecule has 4 rings (SSSR count). The van der Waals surface area contributed by atoms with Crippen LogP contribution in [0.5, 0.6) is 0 Å². The standard InChI is InChI=1S/C23H19BrN2O2/c1-15-13-18(11-12-20(15)24)25-22(27)21(16-7-3-2-4-8-16)26-14-17-9-5-6-10-19(17)23(26)28/h2-13,21H,14H2,1H3,(H,25,27)/t21-/m1/s1. The zero-order chi connectivity index (χ0) is 19.7. The molecular weight excluding hydrogens is 416 g/mol. The van der Waals surface area contributed by atoms with Crippen molar-refractivity contribution in [1.82, 2.24) is 4.90 Å². The van der Waals surface area contributed by atoms with Gasteiger partial charge in [-0.3, -0.25) is 9.59 Å². The molecule has 2 amide bonds. The van der Waals surface area contributed by atoms with Crippen molar-refractivity contribution in [2.45, 2.75) is 19.5 Å². The van der Waals surface area contributed by atoms with Crippen LogP contribution in [-0.4, -0.2) is 16.7 Å². The van der Waals surface area contributed by atoms with Gasteiger partial charge in [-0.1, -0.05) is 64.5 Å². The van der Waals surface area contributed by atoms with E-state index in [1.54, 1.807) is 4.90 Å². The fourth-order valence-corrected chi connectivity index (χ4v) is 3.77. The number of nitrogens with one attached hydrogen (secondary N) is 1. The van der Waals surface area contributed by atoms with Gasteiger partial charge in [-0.25, -0.2) is 0 Å². The van der Waals surface area contributed by atoms with Gasteiger partial charge >= 0.3 is 0 Å². The smallest absolute Gasteiger partial charge is 0.255 e. The second-order valence-electron chi connectivity index (χ2n) is 6.86. The first kappa shape index (κ1) is 18.4. The monoisotopic (exact) mass is 434 g/mol. The molecule has 1 aliphatic rings. The lowest BCUT2D eigenvalue weighted by Gasteiger charge is -2.27. The molecule has 4 nitrogen and oxygen atoms in total. The molecule has 0 spiro atoms. The Bertz CT molecular complexity index is 1050. The van der Waals surface area contributed by atoms with Gasteiger partial charge in [0.05, 0.1) is 0 Å². The number of halogens is 1. The molecule has 0 unspecified atom stereocenters. The third-order valence-corrected chi connectivity index (χ3v) is 5.84. The summed E-state index contributed by atoms with van der Waals surface area (Å²) >= 11 is 3.47. The van der Waals surface area contributed by atoms with Crippen LogP contribution in [0.15, 0.2) is 77.3 Å². The molecule has 3 aromatic rings. The third kappa shape index (κ3) is 3.45. The Morgan fingerprint density at radius 3 is 2.46 bits per heavy atom. The quantitative estimate of drug-likeness (QED) is 0.621. The van der Waals surface area contributed by atoms with E-state index in [-0.39, 0.29) is 11.8 Å². The number of anilines is 1. The summed E-state index contributed by atoms with van der Waals surface area (Å²) in [5, 5.41) is 2.98. The second kappa shape index (κ2) is 7.60. The molecule has 1 aliphatic heterocycles. The van der Waals surface area contributed by atoms with Gasteiger partial charge in [-0.15, -0.1) is 0 Å². The lowest BCUT2D eigenvalue weighted by molar-refractivity contribution is -0.120. The molecule has 0 saturated heterocycles. The number of carbonyl (C=O) groups is 2. The number of hydrogen-bond acceptors (Lipinski definition) is 2. The van der Waals surface area contributed by atoms with Crippen molar-refractivity contribution < 1.29 is 9.59 Å². The zero-order valence-corrected chi connectivity index (χ0v) is 16.9. The highest BCUT2D eigenvalue weighted by Gasteiger charge is 2.37. The Labute approximate surface area is 172 Å². The van der Waals surface area contributed by atoms with Crippen molar-refractivity contribution >= 4 is 33.4 Å². The fourth-order valence-electron chi connectivity index (χ4n) is 3.53. The Morgan fingerprint density at radius 2 is 1.75 bits per heavy atom. The summed E-state index contributed by atoms with van der Waals surface area (Å²) in [4.78, 5) is 27.9. The predicted molar refractivity (Wildman–Crippen MR) is 113 cm³/mol. The summed E-state index contributed by atoms with van der Waals surface area (Å²) in [6.07, 6.45) is 0. The SMILES string of the molecule is Cc1cc(NC(=O)[C@@H](c2ccccc2)N2Cc3ccccc3C2=O)ccc1Br. The number of fused-ring (bicyclic) bond motifs is 1. The second-order valence-corrected chi connectivity index (χ2v) is 7.71. The molecule has 5 heteroatoms. The minimum absolute atomic E-state index is 0.119. The Hall–Kier alpha value is -2.92. The maximum Gasteiger partial charge on any atom is 0.255 e. The van der Waals surface area contributed by atoms with Gasteiger partial charge < -0.3 is 10.2 Å². The molecule has 0 saturated carbocycles. The molecule has 28 heavy (non-hydrogen) atoms. The Morgan fingerprint density at radius 1 is 1.04 bits per heavy atom. The first-order valence-electron chi connectivity index (χ1n) is 9.05. The van der Waals surface area contributed by atoms with Gasteiger partial charge in [0.15, 0.2) is 0 Å². The largest absolute Gasteiger partial charge is 0.324 e. The molecule has 1 heterocycles. The molecular formula is C23H19BrN2O2. The van der Waals surface area contributed by atoms with E-state index < -0.39 is 6.04 Å². The highest BCUT2D eigenvalue weighted by Crippen LogP contribution is 2.32. The number of benzene rings is 3. The van der Waals surface area contributed by atoms with E-state index in [9.17, 15) is 9.59 Å². The van der Waals surface area contributed by atoms with Gasteiger partial charge in [-0.2, -0.15) is 0 Å². The summed E-state index contributed by atoms with van der Waals surface area (Å²) in [5.74, 6) is -0.347. The van der Waals surface area contributed by atoms with E-state index in [4.69, 9.17) is 0 Å². The van der Waals surface area contributed by atoms with Crippen molar-refractivity contribution in [3.63, 3.8) is 0 Å². The van der Waals surface area contributed by atoms with Crippen molar-refractivity contribution in [3.8, 4) is 0 Å². The van der Waals surface area contributed by atoms with E-state index in [1.807, 2.05) is 79.7 Å². The van der Waals surface area contributed by atoms with Crippen molar-refractivity contribution in [2.24, 2.45) is 0 Å². The number of carbonyl (C=O) groups excluding carboxylic acids is 2. The van der Waals surface area contributed by atoms with Crippen LogP contribution in [0.2, 0.25) is 0 Å². The van der Waals surface area contributed by atoms with Crippen molar-refractivity contribution in [2.75, 3.05) is 5.32 Å². The number of nitrogens with zero attached hydrogens (tertiary/aromatic N) is 1. The minimum Gasteiger partial charge on any atom is -0.324 e. The Kier molecular flexibility index (Phi) is 5.01. The van der Waals surface area contributed by atoms with E-state index >= 15 is 0 Å². The van der Waals surface area contributed by atoms with Crippen LogP contribution >= 0.6 is 15.9 Å². The van der Waals surface area contributed by atoms with Crippen LogP contribution < -0.4 is 5.32 Å². The Balaban J connectivity index is 1.68. The maximum atomic E-state index is 13.3. The van der Waals surface area contributed by atoms with E-state index in [0.717, 1.165) is 21.2 Å². The van der Waals surface area contributed by atoms with E-state index in [2.05, 4.69) is 21.2 Å². The summed E-state index contributed by atoms with van der Waals surface area (Å²) in [7, 11) is 0. The van der Waals surface area contributed by atoms with E-state index in [0.29, 0.717) is 17.8 Å². The average Bonchev–Trinajstić information content (AvgIpc) is 3.02. The summed E-state index contributed by atoms with van der Waals surface area (Å²) in [6, 6.07) is 21.9. The zero-order valence-electron chi connectivity index (χ0n) is 15.4. The number of hydrogen-bond donors (Lipinski definition) is 1.